The van der Waals surface area contributed by atoms with Crippen LogP contribution in [0.2, 0.25) is 0 Å². The molecule has 8 heteroatoms. The molecule has 5 rings (SSSR count). The van der Waals surface area contributed by atoms with Crippen molar-refractivity contribution >= 4 is 39.0 Å². The average Bonchev–Trinajstić information content (AvgIpc) is 3.37. The predicted molar refractivity (Wildman–Crippen MR) is 119 cm³/mol. The van der Waals surface area contributed by atoms with Gasteiger partial charge in [0.15, 0.2) is 12.3 Å². The Balaban J connectivity index is 1.74. The van der Waals surface area contributed by atoms with Gasteiger partial charge < -0.3 is 10.8 Å². The number of fused-ring (bicyclic) bond motifs is 1. The summed E-state index contributed by atoms with van der Waals surface area (Å²) in [4.78, 5) is 9.82. The Morgan fingerprint density at radius 2 is 1.74 bits per heavy atom. The number of thiophene rings is 1. The molecule has 0 aliphatic carbocycles. The number of aromatic nitrogens is 3. The van der Waals surface area contributed by atoms with Crippen LogP contribution in [0.4, 0.5) is 11.6 Å². The predicted octanol–water partition coefficient (Wildman–Crippen LogP) is 3.46. The van der Waals surface area contributed by atoms with Crippen molar-refractivity contribution in [3.63, 3.8) is 0 Å². The molecule has 0 aliphatic rings. The van der Waals surface area contributed by atoms with Crippen molar-refractivity contribution in [2.75, 3.05) is 5.73 Å². The first-order valence-corrected chi connectivity index (χ1v) is 10.3. The summed E-state index contributed by atoms with van der Waals surface area (Å²) in [6.45, 7) is 0. The molecule has 0 bridgehead atoms. The summed E-state index contributed by atoms with van der Waals surface area (Å²) in [5, 5.41) is 17.3. The average molecular weight is 427 g/mol. The summed E-state index contributed by atoms with van der Waals surface area (Å²) in [6.07, 6.45) is 1.52. The lowest BCUT2D eigenvalue weighted by Gasteiger charge is -2.10. The molecule has 0 fully saturated rings. The van der Waals surface area contributed by atoms with Crippen LogP contribution in [-0.4, -0.2) is 16.2 Å². The van der Waals surface area contributed by atoms with E-state index in [0.717, 1.165) is 27.8 Å². The van der Waals surface area contributed by atoms with Crippen LogP contribution >= 0.6 is 11.3 Å². The van der Waals surface area contributed by atoms with Crippen LogP contribution in [0.3, 0.4) is 0 Å². The van der Waals surface area contributed by atoms with Crippen molar-refractivity contribution in [1.82, 2.24) is 10.3 Å². The number of rotatable bonds is 4. The van der Waals surface area contributed by atoms with Gasteiger partial charge in [-0.3, -0.25) is 4.52 Å². The molecule has 31 heavy (non-hydrogen) atoms. The van der Waals surface area contributed by atoms with Crippen molar-refractivity contribution in [3.8, 4) is 22.4 Å². The molecule has 2 aromatic carbocycles. The number of pyridine rings is 1. The molecule has 0 saturated heterocycles. The number of nitrogens with zero attached hydrogens (tertiary/aromatic N) is 4. The standard InChI is InChI=1S/C23H17N5O2S/c1-28-13-18(30-27-28)26-22(29)21-20(24)19-16(14-8-4-2-5-9-14)12-17(25-23(19)31-21)15-10-6-3-7-11-15/h2-13H,1H3,(H2-,24,26,27,29). The lowest BCUT2D eigenvalue weighted by molar-refractivity contribution is -0.739. The maximum atomic E-state index is 12.9. The minimum absolute atomic E-state index is 0.116. The van der Waals surface area contributed by atoms with E-state index in [1.807, 2.05) is 66.7 Å². The molecule has 0 unspecified atom stereocenters. The van der Waals surface area contributed by atoms with Crippen molar-refractivity contribution in [1.29, 1.82) is 0 Å². The van der Waals surface area contributed by atoms with Gasteiger partial charge in [0.05, 0.1) is 16.3 Å². The highest BCUT2D eigenvalue weighted by atomic mass is 32.1. The summed E-state index contributed by atoms with van der Waals surface area (Å²) in [5.41, 5.74) is 10.5. The van der Waals surface area contributed by atoms with Crippen LogP contribution in [0.1, 0.15) is 4.88 Å². The number of hydrogen-bond donors (Lipinski definition) is 1. The van der Waals surface area contributed by atoms with Gasteiger partial charge in [0.1, 0.15) is 4.83 Å². The highest BCUT2D eigenvalue weighted by Gasteiger charge is 2.18. The Kier molecular flexibility index (Phi) is 4.68. The fourth-order valence-electron chi connectivity index (χ4n) is 3.40. The summed E-state index contributed by atoms with van der Waals surface area (Å²) in [6, 6.07) is 21.9. The molecule has 0 saturated carbocycles. The van der Waals surface area contributed by atoms with E-state index in [2.05, 4.69) is 10.3 Å². The quantitative estimate of drug-likeness (QED) is 0.269. The SMILES string of the molecule is C[n+]1cc(/N=C(\[O-])c2sc3nc(-c4ccccc4)cc(-c4ccccc4)c3c2N)on1. The van der Waals surface area contributed by atoms with Crippen molar-refractivity contribution < 1.29 is 14.3 Å². The molecule has 7 nitrogen and oxygen atoms in total. The highest BCUT2D eigenvalue weighted by Crippen LogP contribution is 2.41. The Labute approximate surface area is 181 Å². The second-order valence-corrected chi connectivity index (χ2v) is 7.94. The number of nitrogen functional groups attached to an aromatic ring is 1. The summed E-state index contributed by atoms with van der Waals surface area (Å²) in [7, 11) is 1.68. The van der Waals surface area contributed by atoms with E-state index in [9.17, 15) is 5.11 Å². The number of hydrogen-bond acceptors (Lipinski definition) is 7. The molecular formula is C23H17N5O2S. The van der Waals surface area contributed by atoms with Gasteiger partial charge in [-0.25, -0.2) is 9.98 Å². The van der Waals surface area contributed by atoms with Gasteiger partial charge in [-0.2, -0.15) is 0 Å². The minimum Gasteiger partial charge on any atom is -0.857 e. The zero-order chi connectivity index (χ0) is 21.4. The third-order valence-electron chi connectivity index (χ3n) is 4.82. The fourth-order valence-corrected chi connectivity index (χ4v) is 4.40. The first kappa shape index (κ1) is 19.0. The van der Waals surface area contributed by atoms with Crippen molar-refractivity contribution in [2.45, 2.75) is 0 Å². The second-order valence-electron chi connectivity index (χ2n) is 6.94. The third-order valence-corrected chi connectivity index (χ3v) is 5.91. The molecule has 3 aromatic heterocycles. The Bertz CT molecular complexity index is 1410. The van der Waals surface area contributed by atoms with E-state index in [0.29, 0.717) is 15.4 Å². The van der Waals surface area contributed by atoms with Gasteiger partial charge in [-0.15, -0.1) is 11.3 Å². The van der Waals surface area contributed by atoms with Crippen molar-refractivity contribution in [2.24, 2.45) is 12.0 Å². The molecule has 0 atom stereocenters. The summed E-state index contributed by atoms with van der Waals surface area (Å²) < 4.78 is 6.45. The Morgan fingerprint density at radius 3 is 2.39 bits per heavy atom. The molecule has 2 N–H and O–H groups in total. The Hall–Kier alpha value is -4.04. The molecular weight excluding hydrogens is 410 g/mol. The maximum Gasteiger partial charge on any atom is 0.320 e. The zero-order valence-corrected chi connectivity index (χ0v) is 17.3. The largest absolute Gasteiger partial charge is 0.857 e. The number of nitrogens with two attached hydrogens (primary N) is 1. The van der Waals surface area contributed by atoms with Gasteiger partial charge in [0, 0.05) is 16.8 Å². The van der Waals surface area contributed by atoms with E-state index in [1.165, 1.54) is 22.2 Å². The zero-order valence-electron chi connectivity index (χ0n) is 16.5. The monoisotopic (exact) mass is 427 g/mol. The molecule has 0 radical (unpaired) electrons. The van der Waals surface area contributed by atoms with Crippen molar-refractivity contribution in [3.05, 3.63) is 77.8 Å². The lowest BCUT2D eigenvalue weighted by Crippen LogP contribution is -2.27. The molecule has 0 amide bonds. The molecule has 0 spiro atoms. The number of anilines is 1. The first-order valence-electron chi connectivity index (χ1n) is 9.52. The van der Waals surface area contributed by atoms with Crippen LogP contribution in [0.15, 0.2) is 82.4 Å². The van der Waals surface area contributed by atoms with Crippen LogP contribution in [0.5, 0.6) is 0 Å². The normalized spacial score (nSPS) is 11.8. The van der Waals surface area contributed by atoms with Gasteiger partial charge >= 0.3 is 5.88 Å². The van der Waals surface area contributed by atoms with E-state index in [-0.39, 0.29) is 5.88 Å². The smallest absolute Gasteiger partial charge is 0.320 e. The maximum absolute atomic E-state index is 12.9. The van der Waals surface area contributed by atoms with Gasteiger partial charge in [0.25, 0.3) is 6.20 Å². The Morgan fingerprint density at radius 1 is 1.06 bits per heavy atom. The first-order chi connectivity index (χ1) is 15.1. The number of benzene rings is 2. The van der Waals surface area contributed by atoms with E-state index < -0.39 is 5.90 Å². The third kappa shape index (κ3) is 3.53. The van der Waals surface area contributed by atoms with E-state index in [4.69, 9.17) is 15.2 Å². The topological polar surface area (TPSA) is 104 Å². The number of aryl methyl sites for hydroxylation is 1. The minimum atomic E-state index is -0.488. The van der Waals surface area contributed by atoms with Gasteiger partial charge in [-0.1, -0.05) is 65.3 Å². The van der Waals surface area contributed by atoms with E-state index in [1.54, 1.807) is 7.05 Å². The van der Waals surface area contributed by atoms with Crippen LogP contribution in [0.25, 0.3) is 32.6 Å². The highest BCUT2D eigenvalue weighted by molar-refractivity contribution is 7.21. The molecule has 3 heterocycles. The van der Waals surface area contributed by atoms with Crippen LogP contribution < -0.4 is 15.5 Å². The number of aliphatic imine (C=N–C) groups is 1. The van der Waals surface area contributed by atoms with Gasteiger partial charge in [0.2, 0.25) is 0 Å². The van der Waals surface area contributed by atoms with Crippen LogP contribution in [-0.2, 0) is 7.05 Å². The fraction of sp³-hybridized carbons (Fsp3) is 0.0435. The summed E-state index contributed by atoms with van der Waals surface area (Å²) in [5.74, 6) is -0.372. The van der Waals surface area contributed by atoms with Crippen LogP contribution in [0, 0.1) is 0 Å². The molecule has 152 valence electrons. The second kappa shape index (κ2) is 7.66. The van der Waals surface area contributed by atoms with E-state index >= 15 is 0 Å². The van der Waals surface area contributed by atoms with Gasteiger partial charge in [-0.05, 0) is 17.2 Å². The molecule has 5 aromatic rings. The molecule has 0 aliphatic heterocycles. The lowest BCUT2D eigenvalue weighted by atomic mass is 9.99. The summed E-state index contributed by atoms with van der Waals surface area (Å²) >= 11 is 1.23.